The molecule has 0 bridgehead atoms. The number of rotatable bonds is 2. The van der Waals surface area contributed by atoms with Crippen LogP contribution in [0.25, 0.3) is 11.1 Å². The number of hydrogen-bond acceptors (Lipinski definition) is 4. The maximum absolute atomic E-state index is 10.9. The van der Waals surface area contributed by atoms with Crippen LogP contribution in [0, 0.1) is 17.0 Å². The second-order valence-corrected chi connectivity index (χ2v) is 4.05. The van der Waals surface area contributed by atoms with Crippen molar-refractivity contribution in [1.82, 2.24) is 0 Å². The van der Waals surface area contributed by atoms with Gasteiger partial charge in [-0.15, -0.1) is 0 Å². The van der Waals surface area contributed by atoms with Crippen LogP contribution in [-0.2, 0) is 0 Å². The van der Waals surface area contributed by atoms with E-state index in [4.69, 9.17) is 11.5 Å². The number of nitro groups is 1. The van der Waals surface area contributed by atoms with Gasteiger partial charge in [0.15, 0.2) is 0 Å². The van der Waals surface area contributed by atoms with Gasteiger partial charge < -0.3 is 11.5 Å². The van der Waals surface area contributed by atoms with E-state index in [1.807, 2.05) is 0 Å². The van der Waals surface area contributed by atoms with E-state index >= 15 is 0 Å². The Hall–Kier alpha value is -2.56. The van der Waals surface area contributed by atoms with Gasteiger partial charge >= 0.3 is 0 Å². The van der Waals surface area contributed by atoms with Crippen molar-refractivity contribution < 1.29 is 4.92 Å². The Bertz CT molecular complexity index is 624. The summed E-state index contributed by atoms with van der Waals surface area (Å²) < 4.78 is 0. The minimum Gasteiger partial charge on any atom is -0.399 e. The topological polar surface area (TPSA) is 95.2 Å². The van der Waals surface area contributed by atoms with Crippen LogP contribution in [0.4, 0.5) is 17.1 Å². The highest BCUT2D eigenvalue weighted by Gasteiger charge is 2.15. The minimum atomic E-state index is -0.401. The SMILES string of the molecule is Cc1c(-c2cc(N)ccc2N)cccc1[N+](=O)[O-]. The van der Waals surface area contributed by atoms with Crippen LogP contribution in [0.3, 0.4) is 0 Å². The first-order valence-electron chi connectivity index (χ1n) is 5.40. The average Bonchev–Trinajstić information content (AvgIpc) is 2.32. The van der Waals surface area contributed by atoms with Gasteiger partial charge in [0.2, 0.25) is 0 Å². The predicted molar refractivity (Wildman–Crippen MR) is 72.1 cm³/mol. The molecule has 2 rings (SSSR count). The quantitative estimate of drug-likeness (QED) is 0.481. The Labute approximate surface area is 104 Å². The second kappa shape index (κ2) is 4.37. The molecule has 5 heteroatoms. The lowest BCUT2D eigenvalue weighted by molar-refractivity contribution is -0.385. The summed E-state index contributed by atoms with van der Waals surface area (Å²) in [6.07, 6.45) is 0. The van der Waals surface area contributed by atoms with Crippen molar-refractivity contribution in [2.45, 2.75) is 6.92 Å². The number of nitro benzene ring substituents is 1. The molecule has 0 spiro atoms. The summed E-state index contributed by atoms with van der Waals surface area (Å²) in [5.41, 5.74) is 14.8. The first-order valence-corrected chi connectivity index (χ1v) is 5.40. The van der Waals surface area contributed by atoms with Gasteiger partial charge in [-0.2, -0.15) is 0 Å². The molecule has 0 heterocycles. The summed E-state index contributed by atoms with van der Waals surface area (Å²) in [6.45, 7) is 1.70. The number of nitrogen functional groups attached to an aromatic ring is 2. The predicted octanol–water partition coefficient (Wildman–Crippen LogP) is 2.73. The number of benzene rings is 2. The van der Waals surface area contributed by atoms with Crippen molar-refractivity contribution in [2.24, 2.45) is 0 Å². The molecule has 18 heavy (non-hydrogen) atoms. The van der Waals surface area contributed by atoms with E-state index < -0.39 is 4.92 Å². The van der Waals surface area contributed by atoms with Crippen LogP contribution in [-0.4, -0.2) is 4.92 Å². The highest BCUT2D eigenvalue weighted by molar-refractivity contribution is 5.82. The number of anilines is 2. The molecule has 2 aromatic carbocycles. The van der Waals surface area contributed by atoms with Crippen molar-refractivity contribution in [3.63, 3.8) is 0 Å². The van der Waals surface area contributed by atoms with Crippen LogP contribution in [0.2, 0.25) is 0 Å². The van der Waals surface area contributed by atoms with Gasteiger partial charge in [0.05, 0.1) is 4.92 Å². The fraction of sp³-hybridized carbons (Fsp3) is 0.0769. The van der Waals surface area contributed by atoms with Crippen LogP contribution in [0.15, 0.2) is 36.4 Å². The monoisotopic (exact) mass is 243 g/mol. The summed E-state index contributed by atoms with van der Waals surface area (Å²) in [4.78, 5) is 10.5. The molecule has 5 nitrogen and oxygen atoms in total. The van der Waals surface area contributed by atoms with E-state index in [-0.39, 0.29) is 5.69 Å². The Balaban J connectivity index is 2.68. The van der Waals surface area contributed by atoms with Crippen molar-refractivity contribution in [3.8, 4) is 11.1 Å². The van der Waals surface area contributed by atoms with E-state index in [1.54, 1.807) is 37.3 Å². The van der Waals surface area contributed by atoms with Gasteiger partial charge in [-0.25, -0.2) is 0 Å². The van der Waals surface area contributed by atoms with Crippen LogP contribution in [0.1, 0.15) is 5.56 Å². The number of nitrogens with two attached hydrogens (primary N) is 2. The van der Waals surface area contributed by atoms with Gasteiger partial charge in [0, 0.05) is 28.6 Å². The zero-order valence-corrected chi connectivity index (χ0v) is 9.88. The minimum absolute atomic E-state index is 0.0781. The highest BCUT2D eigenvalue weighted by atomic mass is 16.6. The molecule has 0 radical (unpaired) electrons. The molecule has 0 amide bonds. The molecule has 0 unspecified atom stereocenters. The van der Waals surface area contributed by atoms with Crippen molar-refractivity contribution in [2.75, 3.05) is 11.5 Å². The summed E-state index contributed by atoms with van der Waals surface area (Å²) in [7, 11) is 0. The van der Waals surface area contributed by atoms with Gasteiger partial charge in [-0.1, -0.05) is 12.1 Å². The molecule has 0 aliphatic rings. The normalized spacial score (nSPS) is 10.3. The third kappa shape index (κ3) is 1.98. The highest BCUT2D eigenvalue weighted by Crippen LogP contribution is 2.34. The lowest BCUT2D eigenvalue weighted by Crippen LogP contribution is -1.97. The number of hydrogen-bond donors (Lipinski definition) is 2. The van der Waals surface area contributed by atoms with Crippen LogP contribution < -0.4 is 11.5 Å². The summed E-state index contributed by atoms with van der Waals surface area (Å²) in [5.74, 6) is 0. The second-order valence-electron chi connectivity index (χ2n) is 4.05. The third-order valence-electron chi connectivity index (χ3n) is 2.87. The third-order valence-corrected chi connectivity index (χ3v) is 2.87. The molecular weight excluding hydrogens is 230 g/mol. The van der Waals surface area contributed by atoms with Crippen molar-refractivity contribution in [3.05, 3.63) is 52.1 Å². The average molecular weight is 243 g/mol. The van der Waals surface area contributed by atoms with E-state index in [2.05, 4.69) is 0 Å². The molecule has 0 saturated heterocycles. The van der Waals surface area contributed by atoms with E-state index in [0.717, 1.165) is 11.1 Å². The van der Waals surface area contributed by atoms with Crippen molar-refractivity contribution >= 4 is 17.1 Å². The molecule has 0 fully saturated rings. The van der Waals surface area contributed by atoms with Crippen LogP contribution >= 0.6 is 0 Å². The Morgan fingerprint density at radius 3 is 2.50 bits per heavy atom. The smallest absolute Gasteiger partial charge is 0.272 e. The molecule has 0 aliphatic carbocycles. The van der Waals surface area contributed by atoms with Gasteiger partial charge in [-0.05, 0) is 30.7 Å². The zero-order valence-electron chi connectivity index (χ0n) is 9.88. The lowest BCUT2D eigenvalue weighted by Gasteiger charge is -2.10. The Morgan fingerprint density at radius 2 is 1.83 bits per heavy atom. The summed E-state index contributed by atoms with van der Waals surface area (Å²) in [5, 5.41) is 10.9. The van der Waals surface area contributed by atoms with E-state index in [0.29, 0.717) is 16.9 Å². The standard InChI is InChI=1S/C13H13N3O2/c1-8-10(3-2-4-13(8)16(17)18)11-7-9(14)5-6-12(11)15/h2-7H,14-15H2,1H3. The largest absolute Gasteiger partial charge is 0.399 e. The maximum Gasteiger partial charge on any atom is 0.272 e. The van der Waals surface area contributed by atoms with Crippen molar-refractivity contribution in [1.29, 1.82) is 0 Å². The van der Waals surface area contributed by atoms with E-state index in [1.165, 1.54) is 6.07 Å². The zero-order chi connectivity index (χ0) is 13.3. The molecule has 0 saturated carbocycles. The Kier molecular flexibility index (Phi) is 2.89. The molecule has 0 atom stereocenters. The first kappa shape index (κ1) is 11.9. The maximum atomic E-state index is 10.9. The van der Waals surface area contributed by atoms with Gasteiger partial charge in [-0.3, -0.25) is 10.1 Å². The molecule has 0 aliphatic heterocycles. The van der Waals surface area contributed by atoms with Crippen LogP contribution in [0.5, 0.6) is 0 Å². The Morgan fingerprint density at radius 1 is 1.11 bits per heavy atom. The summed E-state index contributed by atoms with van der Waals surface area (Å²) >= 11 is 0. The van der Waals surface area contributed by atoms with Gasteiger partial charge in [0.25, 0.3) is 5.69 Å². The van der Waals surface area contributed by atoms with Gasteiger partial charge in [0.1, 0.15) is 0 Å². The number of nitrogens with zero attached hydrogens (tertiary/aromatic N) is 1. The lowest BCUT2D eigenvalue weighted by atomic mass is 9.97. The molecular formula is C13H13N3O2. The molecule has 4 N–H and O–H groups in total. The molecule has 0 aromatic heterocycles. The first-order chi connectivity index (χ1) is 8.50. The fourth-order valence-electron chi connectivity index (χ4n) is 1.92. The van der Waals surface area contributed by atoms with E-state index in [9.17, 15) is 10.1 Å². The summed E-state index contributed by atoms with van der Waals surface area (Å²) in [6, 6.07) is 10.0. The molecule has 92 valence electrons. The fourth-order valence-corrected chi connectivity index (χ4v) is 1.92. The molecule has 2 aromatic rings.